The van der Waals surface area contributed by atoms with Crippen LogP contribution in [0.1, 0.15) is 106 Å². The van der Waals surface area contributed by atoms with Crippen molar-refractivity contribution in [3.8, 4) is 6.07 Å². The van der Waals surface area contributed by atoms with Crippen molar-refractivity contribution in [1.29, 1.82) is 5.26 Å². The van der Waals surface area contributed by atoms with E-state index in [0.29, 0.717) is 17.4 Å². The minimum absolute atomic E-state index is 0.157. The fraction of sp³-hybridized carbons (Fsp3) is 0.552. The van der Waals surface area contributed by atoms with E-state index >= 15 is 0 Å². The van der Waals surface area contributed by atoms with Crippen molar-refractivity contribution in [1.82, 2.24) is 14.9 Å². The maximum atomic E-state index is 12.9. The van der Waals surface area contributed by atoms with Crippen molar-refractivity contribution in [3.05, 3.63) is 53.1 Å². The summed E-state index contributed by atoms with van der Waals surface area (Å²) in [6.45, 7) is 11.4. The number of nitriles is 1. The minimum Gasteiger partial charge on any atom is -0.339 e. The quantitative estimate of drug-likeness (QED) is 0.481. The molecule has 2 N–H and O–H groups in total. The highest BCUT2D eigenvalue weighted by Gasteiger charge is 2.27. The number of imidazole rings is 1. The second kappa shape index (κ2) is 10.8. The van der Waals surface area contributed by atoms with Gasteiger partial charge in [-0.25, -0.2) is 4.98 Å². The lowest BCUT2D eigenvalue weighted by atomic mass is 9.76. The highest BCUT2D eigenvalue weighted by molar-refractivity contribution is 6.03. The molecule has 4 rings (SSSR count). The van der Waals surface area contributed by atoms with E-state index in [1.165, 1.54) is 43.0 Å². The van der Waals surface area contributed by atoms with Gasteiger partial charge in [-0.15, -0.1) is 0 Å². The number of aromatic nitrogens is 2. The van der Waals surface area contributed by atoms with Crippen LogP contribution in [0.25, 0.3) is 5.57 Å². The molecule has 0 unspecified atom stereocenters. The first kappa shape index (κ1) is 25.2. The van der Waals surface area contributed by atoms with Crippen molar-refractivity contribution in [2.24, 2.45) is 5.41 Å². The predicted octanol–water partition coefficient (Wildman–Crippen LogP) is 6.50. The first-order chi connectivity index (χ1) is 16.8. The molecule has 1 fully saturated rings. The number of allylic oxidation sites excluding steroid dienone is 2. The van der Waals surface area contributed by atoms with Gasteiger partial charge in [0.2, 0.25) is 0 Å². The molecule has 2 aromatic rings. The first-order valence-electron chi connectivity index (χ1n) is 13.2. The Hall–Kier alpha value is -2.91. The van der Waals surface area contributed by atoms with E-state index in [1.54, 1.807) is 0 Å². The monoisotopic (exact) mass is 473 g/mol. The number of anilines is 1. The molecule has 35 heavy (non-hydrogen) atoms. The third-order valence-corrected chi connectivity index (χ3v) is 8.01. The molecular formula is C29H39N5O. The molecule has 0 saturated heterocycles. The van der Waals surface area contributed by atoms with Gasteiger partial charge in [-0.2, -0.15) is 5.26 Å². The first-order valence-corrected chi connectivity index (χ1v) is 13.2. The number of aromatic amines is 1. The fourth-order valence-corrected chi connectivity index (χ4v) is 5.70. The van der Waals surface area contributed by atoms with Gasteiger partial charge in [-0.1, -0.05) is 39.8 Å². The number of hydrogen-bond donors (Lipinski definition) is 2. The third-order valence-electron chi connectivity index (χ3n) is 8.01. The van der Waals surface area contributed by atoms with Gasteiger partial charge in [0.1, 0.15) is 6.07 Å². The predicted molar refractivity (Wildman–Crippen MR) is 141 cm³/mol. The maximum absolute atomic E-state index is 12.9. The van der Waals surface area contributed by atoms with E-state index in [2.05, 4.69) is 72.2 Å². The van der Waals surface area contributed by atoms with Gasteiger partial charge in [-0.3, -0.25) is 4.79 Å². The van der Waals surface area contributed by atoms with Crippen molar-refractivity contribution in [3.63, 3.8) is 0 Å². The highest BCUT2D eigenvalue weighted by atomic mass is 16.2. The number of benzene rings is 1. The summed E-state index contributed by atoms with van der Waals surface area (Å²) in [5.74, 6) is 0.399. The Labute approximate surface area is 209 Å². The van der Waals surface area contributed by atoms with E-state index in [-0.39, 0.29) is 17.4 Å². The molecule has 0 radical (unpaired) electrons. The van der Waals surface area contributed by atoms with E-state index in [4.69, 9.17) is 5.26 Å². The van der Waals surface area contributed by atoms with Gasteiger partial charge in [0, 0.05) is 23.5 Å². The third kappa shape index (κ3) is 5.85. The molecule has 0 bridgehead atoms. The van der Waals surface area contributed by atoms with Crippen LogP contribution in [0, 0.1) is 16.7 Å². The molecule has 0 atom stereocenters. The van der Waals surface area contributed by atoms with Crippen molar-refractivity contribution >= 4 is 17.2 Å². The van der Waals surface area contributed by atoms with Gasteiger partial charge < -0.3 is 15.2 Å². The molecule has 1 aromatic carbocycles. The average Bonchev–Trinajstić information content (AvgIpc) is 3.35. The summed E-state index contributed by atoms with van der Waals surface area (Å²) in [4.78, 5) is 22.4. The molecule has 1 heterocycles. The van der Waals surface area contributed by atoms with Gasteiger partial charge in [0.15, 0.2) is 11.5 Å². The van der Waals surface area contributed by atoms with Crippen LogP contribution >= 0.6 is 0 Å². The van der Waals surface area contributed by atoms with Crippen molar-refractivity contribution < 1.29 is 4.79 Å². The zero-order chi connectivity index (χ0) is 25.0. The molecule has 1 saturated carbocycles. The zero-order valence-electron chi connectivity index (χ0n) is 21.7. The molecule has 6 heteroatoms. The largest absolute Gasteiger partial charge is 0.339 e. The average molecular weight is 474 g/mol. The Morgan fingerprint density at radius 2 is 1.97 bits per heavy atom. The molecule has 6 nitrogen and oxygen atoms in total. The van der Waals surface area contributed by atoms with E-state index in [1.807, 2.05) is 6.07 Å². The SMILES string of the molecule is CCN(CC)C1CCC(c2ccc(NC(=O)c3nc(C#N)c[nH]3)c(C3=CCC(C)(C)CC3)c2)CC1. The molecule has 0 aliphatic heterocycles. The summed E-state index contributed by atoms with van der Waals surface area (Å²) in [6.07, 6.45) is 11.9. The summed E-state index contributed by atoms with van der Waals surface area (Å²) in [5, 5.41) is 12.1. The van der Waals surface area contributed by atoms with Crippen LogP contribution in [0.5, 0.6) is 0 Å². The topological polar surface area (TPSA) is 84.8 Å². The smallest absolute Gasteiger partial charge is 0.291 e. The van der Waals surface area contributed by atoms with E-state index < -0.39 is 0 Å². The van der Waals surface area contributed by atoms with Crippen LogP contribution in [0.2, 0.25) is 0 Å². The fourth-order valence-electron chi connectivity index (χ4n) is 5.70. The molecule has 186 valence electrons. The number of rotatable bonds is 7. The summed E-state index contributed by atoms with van der Waals surface area (Å²) in [7, 11) is 0. The summed E-state index contributed by atoms with van der Waals surface area (Å²) < 4.78 is 0. The maximum Gasteiger partial charge on any atom is 0.291 e. The van der Waals surface area contributed by atoms with Gasteiger partial charge in [-0.05, 0) is 92.6 Å². The molecule has 1 amide bonds. The van der Waals surface area contributed by atoms with Crippen LogP contribution in [0.4, 0.5) is 5.69 Å². The van der Waals surface area contributed by atoms with Gasteiger partial charge in [0.25, 0.3) is 5.91 Å². The minimum atomic E-state index is -0.322. The molecule has 0 spiro atoms. The Bertz CT molecular complexity index is 1110. The number of H-pyrrole nitrogens is 1. The van der Waals surface area contributed by atoms with Crippen LogP contribution in [-0.2, 0) is 0 Å². The van der Waals surface area contributed by atoms with Crippen LogP contribution in [0.3, 0.4) is 0 Å². The Morgan fingerprint density at radius 1 is 1.23 bits per heavy atom. The standard InChI is InChI=1S/C29H39N5O/c1-5-34(6-2)24-10-7-20(8-11-24)22-9-12-26(33-28(35)27-31-19-23(18-30)32-27)25(17-22)21-13-15-29(3,4)16-14-21/h9,12-13,17,19-20,24H,5-8,10-11,14-16H2,1-4H3,(H,31,32)(H,33,35). The number of carbonyl (C=O) groups excluding carboxylic acids is 1. The lowest BCUT2D eigenvalue weighted by Crippen LogP contribution is -2.37. The Morgan fingerprint density at radius 3 is 2.57 bits per heavy atom. The van der Waals surface area contributed by atoms with Gasteiger partial charge >= 0.3 is 0 Å². The van der Waals surface area contributed by atoms with Crippen molar-refractivity contribution in [2.75, 3.05) is 18.4 Å². The van der Waals surface area contributed by atoms with Crippen LogP contribution in [0.15, 0.2) is 30.5 Å². The lowest BCUT2D eigenvalue weighted by molar-refractivity contribution is 0.101. The number of nitrogens with zero attached hydrogens (tertiary/aromatic N) is 3. The van der Waals surface area contributed by atoms with E-state index in [9.17, 15) is 4.79 Å². The zero-order valence-corrected chi connectivity index (χ0v) is 21.7. The number of nitrogens with one attached hydrogen (secondary N) is 2. The molecule has 2 aliphatic rings. The van der Waals surface area contributed by atoms with Crippen LogP contribution in [-0.4, -0.2) is 39.9 Å². The second-order valence-electron chi connectivity index (χ2n) is 10.8. The number of hydrogen-bond acceptors (Lipinski definition) is 4. The molecule has 2 aliphatic carbocycles. The summed E-state index contributed by atoms with van der Waals surface area (Å²) >= 11 is 0. The molecular weight excluding hydrogens is 434 g/mol. The Balaban J connectivity index is 1.58. The second-order valence-corrected chi connectivity index (χ2v) is 10.8. The highest BCUT2D eigenvalue weighted by Crippen LogP contribution is 2.42. The summed E-state index contributed by atoms with van der Waals surface area (Å²) in [5.41, 5.74) is 5.17. The summed E-state index contributed by atoms with van der Waals surface area (Å²) in [6, 6.07) is 9.25. The Kier molecular flexibility index (Phi) is 7.76. The van der Waals surface area contributed by atoms with Crippen molar-refractivity contribution in [2.45, 2.75) is 84.6 Å². The number of carbonyl (C=O) groups is 1. The van der Waals surface area contributed by atoms with Gasteiger partial charge in [0.05, 0.1) is 0 Å². The molecule has 1 aromatic heterocycles. The van der Waals surface area contributed by atoms with E-state index in [0.717, 1.165) is 43.6 Å². The number of amides is 1. The van der Waals surface area contributed by atoms with Crippen LogP contribution < -0.4 is 5.32 Å². The lowest BCUT2D eigenvalue weighted by Gasteiger charge is -2.36. The normalized spacial score (nSPS) is 21.9.